The molecule has 0 heterocycles. The fraction of sp³-hybridized carbons (Fsp3) is 0.455. The summed E-state index contributed by atoms with van der Waals surface area (Å²) in [5.41, 5.74) is 4.35. The van der Waals surface area contributed by atoms with Gasteiger partial charge < -0.3 is 9.84 Å². The molecule has 0 aliphatic heterocycles. The van der Waals surface area contributed by atoms with Crippen molar-refractivity contribution in [2.24, 2.45) is 0 Å². The van der Waals surface area contributed by atoms with Crippen LogP contribution in [0.25, 0.3) is 22.3 Å². The van der Waals surface area contributed by atoms with Gasteiger partial charge in [-0.3, -0.25) is 0 Å². The molecule has 2 nitrogen and oxygen atoms in total. The van der Waals surface area contributed by atoms with E-state index < -0.39 is 19.7 Å². The van der Waals surface area contributed by atoms with Crippen molar-refractivity contribution >= 4 is 8.07 Å². The maximum absolute atomic E-state index is 15.3. The Bertz CT molecular complexity index is 1170. The van der Waals surface area contributed by atoms with Crippen LogP contribution in [0.4, 0.5) is 8.78 Å². The topological polar surface area (TPSA) is 29.5 Å². The lowest BCUT2D eigenvalue weighted by molar-refractivity contribution is 0.233. The van der Waals surface area contributed by atoms with Crippen LogP contribution in [-0.2, 0) is 0 Å². The smallest absolute Gasteiger partial charge is 0.166 e. The Hall–Kier alpha value is -2.50. The van der Waals surface area contributed by atoms with Gasteiger partial charge in [0, 0.05) is 18.6 Å². The van der Waals surface area contributed by atoms with E-state index in [1.165, 1.54) is 18.9 Å². The molecule has 0 radical (unpaired) electrons. The monoisotopic (exact) mass is 536 g/mol. The van der Waals surface area contributed by atoms with Crippen molar-refractivity contribution in [3.05, 3.63) is 77.9 Å². The van der Waals surface area contributed by atoms with Gasteiger partial charge in [0.25, 0.3) is 0 Å². The van der Waals surface area contributed by atoms with Crippen LogP contribution in [0.1, 0.15) is 63.4 Å². The number of hydrogen-bond acceptors (Lipinski definition) is 2. The fourth-order valence-electron chi connectivity index (χ4n) is 5.97. The number of aliphatic hydroxyl groups excluding tert-OH is 1. The summed E-state index contributed by atoms with van der Waals surface area (Å²) in [6.07, 6.45) is 7.38. The average Bonchev–Trinajstić information content (AvgIpc) is 2.94. The van der Waals surface area contributed by atoms with E-state index in [2.05, 4.69) is 20.0 Å². The van der Waals surface area contributed by atoms with Gasteiger partial charge in [-0.05, 0) is 58.7 Å². The molecule has 0 saturated heterocycles. The van der Waals surface area contributed by atoms with Crippen molar-refractivity contribution in [3.8, 4) is 28.0 Å². The lowest BCUT2D eigenvalue weighted by Gasteiger charge is -2.38. The molecule has 1 N–H and O–H groups in total. The number of rotatable bonds is 11. The maximum atomic E-state index is 15.3. The minimum absolute atomic E-state index is 0.109. The first-order valence-corrected chi connectivity index (χ1v) is 17.5. The molecule has 1 aliphatic carbocycles. The molecule has 1 aliphatic rings. The average molecular weight is 537 g/mol. The number of benzene rings is 3. The summed E-state index contributed by atoms with van der Waals surface area (Å²) >= 11 is 0. The standard InChI is InChI=1S/C33H42F2O2Si/c1-4-5-23-38(2,3)29-17-13-27(14-18-29)31-20-19-30(32(34)33(31)35)26-9-7-24(8-10-26)25-11-15-28(16-12-25)37-22-6-21-36/h7-12,15-16,19-20,27,29,36H,4-6,13-14,17-18,21-23H2,1-3H3. The third kappa shape index (κ3) is 6.73. The highest BCUT2D eigenvalue weighted by Gasteiger charge is 2.35. The second-order valence-electron chi connectivity index (χ2n) is 11.5. The summed E-state index contributed by atoms with van der Waals surface area (Å²) < 4.78 is 36.2. The Kier molecular flexibility index (Phi) is 9.78. The molecular weight excluding hydrogens is 494 g/mol. The van der Waals surface area contributed by atoms with Gasteiger partial charge >= 0.3 is 0 Å². The molecule has 0 unspecified atom stereocenters. The molecule has 5 heteroatoms. The summed E-state index contributed by atoms with van der Waals surface area (Å²) in [6.45, 7) is 7.87. The summed E-state index contributed by atoms with van der Waals surface area (Å²) in [4.78, 5) is 0. The van der Waals surface area contributed by atoms with E-state index in [4.69, 9.17) is 9.84 Å². The first-order valence-electron chi connectivity index (χ1n) is 14.3. The van der Waals surface area contributed by atoms with Gasteiger partial charge in [-0.1, -0.05) is 100 Å². The number of ether oxygens (including phenoxy) is 1. The van der Waals surface area contributed by atoms with Crippen LogP contribution >= 0.6 is 0 Å². The van der Waals surface area contributed by atoms with Gasteiger partial charge in [-0.2, -0.15) is 0 Å². The SMILES string of the molecule is CCCC[Si](C)(C)C1CCC(c2ccc(-c3ccc(-c4ccc(OCCCO)cc4)cc3)c(F)c2F)CC1. The van der Waals surface area contributed by atoms with Crippen LogP contribution in [0.2, 0.25) is 24.7 Å². The van der Waals surface area contributed by atoms with Crippen molar-refractivity contribution in [1.29, 1.82) is 0 Å². The molecule has 3 aromatic rings. The van der Waals surface area contributed by atoms with Gasteiger partial charge in [0.2, 0.25) is 0 Å². The van der Waals surface area contributed by atoms with E-state index in [0.717, 1.165) is 48.1 Å². The highest BCUT2D eigenvalue weighted by atomic mass is 28.3. The third-order valence-electron chi connectivity index (χ3n) is 8.51. The van der Waals surface area contributed by atoms with E-state index in [0.29, 0.717) is 29.7 Å². The fourth-order valence-corrected chi connectivity index (χ4v) is 9.53. The highest BCUT2D eigenvalue weighted by molar-refractivity contribution is 6.78. The van der Waals surface area contributed by atoms with Crippen molar-refractivity contribution in [3.63, 3.8) is 0 Å². The van der Waals surface area contributed by atoms with Gasteiger partial charge in [-0.25, -0.2) is 8.78 Å². The predicted molar refractivity (Wildman–Crippen MR) is 157 cm³/mol. The van der Waals surface area contributed by atoms with Crippen LogP contribution in [0.15, 0.2) is 60.7 Å². The Morgan fingerprint density at radius 2 is 1.39 bits per heavy atom. The van der Waals surface area contributed by atoms with E-state index in [1.807, 2.05) is 54.6 Å². The second kappa shape index (κ2) is 13.0. The van der Waals surface area contributed by atoms with Crippen LogP contribution in [0.3, 0.4) is 0 Å². The highest BCUT2D eigenvalue weighted by Crippen LogP contribution is 2.46. The molecule has 0 bridgehead atoms. The zero-order valence-electron chi connectivity index (χ0n) is 23.1. The van der Waals surface area contributed by atoms with E-state index in [-0.39, 0.29) is 12.5 Å². The Morgan fingerprint density at radius 1 is 0.789 bits per heavy atom. The zero-order valence-corrected chi connectivity index (χ0v) is 24.1. The summed E-state index contributed by atoms with van der Waals surface area (Å²) in [5.74, 6) is -0.537. The summed E-state index contributed by atoms with van der Waals surface area (Å²) in [7, 11) is -1.25. The molecular formula is C33H42F2O2Si. The Balaban J connectivity index is 1.43. The number of aliphatic hydroxyl groups is 1. The molecule has 204 valence electrons. The van der Waals surface area contributed by atoms with Crippen LogP contribution in [-0.4, -0.2) is 26.4 Å². The molecule has 1 saturated carbocycles. The normalized spacial score (nSPS) is 17.9. The van der Waals surface area contributed by atoms with Gasteiger partial charge in [0.05, 0.1) is 14.7 Å². The molecule has 0 aromatic heterocycles. The molecule has 1 fully saturated rings. The van der Waals surface area contributed by atoms with E-state index >= 15 is 8.78 Å². The Labute approximate surface area is 228 Å². The van der Waals surface area contributed by atoms with Crippen LogP contribution < -0.4 is 4.74 Å². The van der Waals surface area contributed by atoms with Gasteiger partial charge in [-0.15, -0.1) is 0 Å². The summed E-state index contributed by atoms with van der Waals surface area (Å²) in [6, 6.07) is 20.3. The van der Waals surface area contributed by atoms with Crippen LogP contribution in [0, 0.1) is 11.6 Å². The summed E-state index contributed by atoms with van der Waals surface area (Å²) in [5, 5.41) is 8.88. The quantitative estimate of drug-likeness (QED) is 0.195. The van der Waals surface area contributed by atoms with Crippen molar-refractivity contribution in [1.82, 2.24) is 0 Å². The minimum atomic E-state index is -1.25. The van der Waals surface area contributed by atoms with Crippen molar-refractivity contribution < 1.29 is 18.6 Å². The largest absolute Gasteiger partial charge is 0.494 e. The maximum Gasteiger partial charge on any atom is 0.166 e. The number of unbranched alkanes of at least 4 members (excludes halogenated alkanes) is 1. The van der Waals surface area contributed by atoms with Gasteiger partial charge in [0.15, 0.2) is 11.6 Å². The molecule has 38 heavy (non-hydrogen) atoms. The minimum Gasteiger partial charge on any atom is -0.494 e. The third-order valence-corrected chi connectivity index (χ3v) is 12.9. The van der Waals surface area contributed by atoms with Crippen molar-refractivity contribution in [2.75, 3.05) is 13.2 Å². The molecule has 0 spiro atoms. The second-order valence-corrected chi connectivity index (χ2v) is 16.8. The van der Waals surface area contributed by atoms with E-state index in [9.17, 15) is 0 Å². The lowest BCUT2D eigenvalue weighted by atomic mass is 9.83. The number of hydrogen-bond donors (Lipinski definition) is 1. The van der Waals surface area contributed by atoms with Crippen LogP contribution in [0.5, 0.6) is 5.75 Å². The van der Waals surface area contributed by atoms with Crippen molar-refractivity contribution in [2.45, 2.75) is 82.5 Å². The molecule has 0 atom stereocenters. The zero-order chi connectivity index (χ0) is 27.1. The lowest BCUT2D eigenvalue weighted by Crippen LogP contribution is -2.34. The van der Waals surface area contributed by atoms with Gasteiger partial charge in [0.1, 0.15) is 5.75 Å². The van der Waals surface area contributed by atoms with E-state index in [1.54, 1.807) is 6.07 Å². The molecule has 4 rings (SSSR count). The molecule has 0 amide bonds. The Morgan fingerprint density at radius 3 is 2.00 bits per heavy atom. The first-order chi connectivity index (χ1) is 18.3. The molecule has 3 aromatic carbocycles. The number of halogens is 2. The predicted octanol–water partition coefficient (Wildman–Crippen LogP) is 9.60. The first kappa shape index (κ1) is 28.5.